The van der Waals surface area contributed by atoms with Gasteiger partial charge in [0.25, 0.3) is 0 Å². The third kappa shape index (κ3) is 6.51. The third-order valence-electron chi connectivity index (χ3n) is 4.66. The first-order chi connectivity index (χ1) is 15.2. The van der Waals surface area contributed by atoms with Gasteiger partial charge in [0.15, 0.2) is 23.1 Å². The molecule has 4 aromatic rings. The highest BCUT2D eigenvalue weighted by atomic mass is 16.3. The normalized spacial score (nSPS) is 10.2. The Kier molecular flexibility index (Phi) is 7.89. The van der Waals surface area contributed by atoms with Crippen LogP contribution in [-0.4, -0.2) is 17.9 Å². The van der Waals surface area contributed by atoms with E-state index in [9.17, 15) is 14.4 Å². The standard InChI is InChI=1S/C19H16O4.C7H6O/c20-16(18-8-4-10-22-18)12-15(14-6-2-1-3-7-14)13-17(21)19-9-5-11-23-19;8-6-7-4-2-1-3-5-7/h1-11,15H,12-13H2;1-6H. The zero-order chi connectivity index (χ0) is 21.9. The van der Waals surface area contributed by atoms with Crippen LogP contribution in [0.4, 0.5) is 0 Å². The number of Topliss-reactive ketones (excluding diaryl/α,β-unsaturated/α-hetero) is 2. The number of ketones is 2. The van der Waals surface area contributed by atoms with E-state index in [1.54, 1.807) is 36.4 Å². The minimum absolute atomic E-state index is 0.115. The topological polar surface area (TPSA) is 77.5 Å². The van der Waals surface area contributed by atoms with E-state index >= 15 is 0 Å². The average Bonchev–Trinajstić information content (AvgIpc) is 3.55. The number of furan rings is 2. The molecule has 156 valence electrons. The summed E-state index contributed by atoms with van der Waals surface area (Å²) in [4.78, 5) is 34.7. The molecule has 2 aromatic carbocycles. The molecule has 5 heteroatoms. The Morgan fingerprint density at radius 2 is 1.16 bits per heavy atom. The Hall–Kier alpha value is -3.99. The van der Waals surface area contributed by atoms with Crippen LogP contribution >= 0.6 is 0 Å². The number of carbonyl (C=O) groups is 3. The van der Waals surface area contributed by atoms with E-state index in [4.69, 9.17) is 8.83 Å². The van der Waals surface area contributed by atoms with Crippen LogP contribution in [0.15, 0.2) is 106 Å². The lowest BCUT2D eigenvalue weighted by Crippen LogP contribution is -2.12. The number of hydrogen-bond donors (Lipinski definition) is 0. The molecule has 2 heterocycles. The maximum atomic E-state index is 12.3. The van der Waals surface area contributed by atoms with Gasteiger partial charge in [-0.05, 0) is 35.7 Å². The van der Waals surface area contributed by atoms with Gasteiger partial charge in [0.2, 0.25) is 0 Å². The minimum Gasteiger partial charge on any atom is -0.461 e. The van der Waals surface area contributed by atoms with Crippen molar-refractivity contribution < 1.29 is 23.2 Å². The molecule has 4 rings (SSSR count). The van der Waals surface area contributed by atoms with Crippen molar-refractivity contribution in [2.75, 3.05) is 0 Å². The van der Waals surface area contributed by atoms with Gasteiger partial charge in [-0.3, -0.25) is 14.4 Å². The first-order valence-electron chi connectivity index (χ1n) is 9.86. The van der Waals surface area contributed by atoms with Gasteiger partial charge in [-0.1, -0.05) is 60.7 Å². The van der Waals surface area contributed by atoms with E-state index in [1.165, 1.54) is 12.5 Å². The van der Waals surface area contributed by atoms with E-state index in [2.05, 4.69) is 0 Å². The monoisotopic (exact) mass is 414 g/mol. The highest BCUT2D eigenvalue weighted by molar-refractivity contribution is 5.96. The second kappa shape index (κ2) is 11.3. The van der Waals surface area contributed by atoms with Crippen LogP contribution in [0.25, 0.3) is 0 Å². The molecule has 0 bridgehead atoms. The van der Waals surface area contributed by atoms with E-state index in [0.717, 1.165) is 17.4 Å². The van der Waals surface area contributed by atoms with Gasteiger partial charge in [-0.2, -0.15) is 0 Å². The van der Waals surface area contributed by atoms with Crippen molar-refractivity contribution in [2.24, 2.45) is 0 Å². The summed E-state index contributed by atoms with van der Waals surface area (Å²) in [5, 5.41) is 0. The second-order valence-electron chi connectivity index (χ2n) is 6.85. The van der Waals surface area contributed by atoms with Crippen molar-refractivity contribution >= 4 is 17.9 Å². The molecule has 0 saturated heterocycles. The first-order valence-corrected chi connectivity index (χ1v) is 9.86. The molecule has 0 fully saturated rings. The van der Waals surface area contributed by atoms with Crippen LogP contribution in [0.2, 0.25) is 0 Å². The van der Waals surface area contributed by atoms with Gasteiger partial charge < -0.3 is 8.83 Å². The molecular formula is C26H22O5. The fraction of sp³-hybridized carbons (Fsp3) is 0.115. The number of aldehydes is 1. The van der Waals surface area contributed by atoms with Crippen molar-refractivity contribution in [2.45, 2.75) is 18.8 Å². The molecular weight excluding hydrogens is 392 g/mol. The van der Waals surface area contributed by atoms with Crippen LogP contribution in [-0.2, 0) is 0 Å². The van der Waals surface area contributed by atoms with Gasteiger partial charge in [0.05, 0.1) is 12.5 Å². The van der Waals surface area contributed by atoms with Crippen LogP contribution in [0.3, 0.4) is 0 Å². The third-order valence-corrected chi connectivity index (χ3v) is 4.66. The smallest absolute Gasteiger partial charge is 0.198 e. The lowest BCUT2D eigenvalue weighted by Gasteiger charge is -2.15. The minimum atomic E-state index is -0.216. The van der Waals surface area contributed by atoms with Crippen LogP contribution < -0.4 is 0 Å². The van der Waals surface area contributed by atoms with Crippen LogP contribution in [0.5, 0.6) is 0 Å². The summed E-state index contributed by atoms with van der Waals surface area (Å²) in [5.41, 5.74) is 1.68. The molecule has 0 radical (unpaired) electrons. The summed E-state index contributed by atoms with van der Waals surface area (Å²) in [7, 11) is 0. The molecule has 2 aromatic heterocycles. The first kappa shape index (κ1) is 21.7. The Balaban J connectivity index is 0.000000287. The van der Waals surface area contributed by atoms with Crippen molar-refractivity contribution in [1.82, 2.24) is 0 Å². The summed E-state index contributed by atoms with van der Waals surface area (Å²) < 4.78 is 10.3. The summed E-state index contributed by atoms with van der Waals surface area (Å²) in [6.45, 7) is 0. The van der Waals surface area contributed by atoms with Crippen LogP contribution in [0, 0.1) is 0 Å². The predicted molar refractivity (Wildman–Crippen MR) is 116 cm³/mol. The quantitative estimate of drug-likeness (QED) is 0.261. The number of benzene rings is 2. The predicted octanol–water partition coefficient (Wildman–Crippen LogP) is 6.00. The molecule has 31 heavy (non-hydrogen) atoms. The molecule has 0 spiro atoms. The van der Waals surface area contributed by atoms with E-state index in [1.807, 2.05) is 48.5 Å². The summed E-state index contributed by atoms with van der Waals surface area (Å²) in [6, 6.07) is 25.3. The zero-order valence-electron chi connectivity index (χ0n) is 16.8. The molecule has 0 atom stereocenters. The molecule has 0 aliphatic carbocycles. The molecule has 0 unspecified atom stereocenters. The van der Waals surface area contributed by atoms with Gasteiger partial charge in [-0.15, -0.1) is 0 Å². The number of hydrogen-bond acceptors (Lipinski definition) is 5. The highest BCUT2D eigenvalue weighted by Crippen LogP contribution is 2.27. The molecule has 0 saturated carbocycles. The van der Waals surface area contributed by atoms with Gasteiger partial charge >= 0.3 is 0 Å². The van der Waals surface area contributed by atoms with Crippen LogP contribution in [0.1, 0.15) is 55.8 Å². The lowest BCUT2D eigenvalue weighted by atomic mass is 9.88. The fourth-order valence-electron chi connectivity index (χ4n) is 3.09. The summed E-state index contributed by atoms with van der Waals surface area (Å²) in [5.74, 6) is 0.186. The number of rotatable bonds is 8. The molecule has 0 aliphatic heterocycles. The van der Waals surface area contributed by atoms with Crippen molar-refractivity contribution in [3.8, 4) is 0 Å². The van der Waals surface area contributed by atoms with Crippen molar-refractivity contribution in [3.05, 3.63) is 120 Å². The zero-order valence-corrected chi connectivity index (χ0v) is 16.8. The molecule has 0 aliphatic rings. The van der Waals surface area contributed by atoms with Gasteiger partial charge in [0, 0.05) is 18.4 Å². The van der Waals surface area contributed by atoms with E-state index in [0.29, 0.717) is 11.5 Å². The Morgan fingerprint density at radius 3 is 1.55 bits per heavy atom. The largest absolute Gasteiger partial charge is 0.461 e. The van der Waals surface area contributed by atoms with Crippen molar-refractivity contribution in [3.63, 3.8) is 0 Å². The SMILES string of the molecule is O=C(CC(CC(=O)c1ccco1)c1ccccc1)c1ccco1.O=Cc1ccccc1. The summed E-state index contributed by atoms with van der Waals surface area (Å²) >= 11 is 0. The van der Waals surface area contributed by atoms with E-state index in [-0.39, 0.29) is 30.3 Å². The van der Waals surface area contributed by atoms with Crippen molar-refractivity contribution in [1.29, 1.82) is 0 Å². The molecule has 0 amide bonds. The lowest BCUT2D eigenvalue weighted by molar-refractivity contribution is 0.0915. The summed E-state index contributed by atoms with van der Waals surface area (Å²) in [6.07, 6.45) is 4.20. The molecule has 5 nitrogen and oxygen atoms in total. The fourth-order valence-corrected chi connectivity index (χ4v) is 3.09. The van der Waals surface area contributed by atoms with E-state index < -0.39 is 0 Å². The maximum Gasteiger partial charge on any atom is 0.198 e. The maximum absolute atomic E-state index is 12.3. The Bertz CT molecular complexity index is 1020. The molecule has 0 N–H and O–H groups in total. The highest BCUT2D eigenvalue weighted by Gasteiger charge is 2.23. The Morgan fingerprint density at radius 1 is 0.677 bits per heavy atom. The Labute approximate surface area is 180 Å². The number of carbonyl (C=O) groups excluding carboxylic acids is 3. The second-order valence-corrected chi connectivity index (χ2v) is 6.85. The van der Waals surface area contributed by atoms with Gasteiger partial charge in [-0.25, -0.2) is 0 Å². The average molecular weight is 414 g/mol. The van der Waals surface area contributed by atoms with Gasteiger partial charge in [0.1, 0.15) is 6.29 Å².